The molecule has 1 aromatic rings. The number of hydrogen-bond donors (Lipinski definition) is 1. The lowest BCUT2D eigenvalue weighted by Crippen LogP contribution is -2.23. The van der Waals surface area contributed by atoms with Gasteiger partial charge < -0.3 is 5.11 Å². The van der Waals surface area contributed by atoms with Gasteiger partial charge in [-0.15, -0.1) is 0 Å². The van der Waals surface area contributed by atoms with E-state index in [4.69, 9.17) is 28.3 Å². The van der Waals surface area contributed by atoms with Crippen LogP contribution in [0, 0.1) is 5.92 Å². The second kappa shape index (κ2) is 5.32. The highest BCUT2D eigenvalue weighted by atomic mass is 35.5. The second-order valence-electron chi connectivity index (χ2n) is 3.44. The number of carboxylic acids is 1. The average molecular weight is 261 g/mol. The number of hydrogen-bond acceptors (Lipinski definition) is 2. The summed E-state index contributed by atoms with van der Waals surface area (Å²) < 4.78 is 0. The number of carbonyl (C=O) groups is 2. The third-order valence-corrected chi connectivity index (χ3v) is 2.81. The third kappa shape index (κ3) is 3.22. The predicted molar refractivity (Wildman–Crippen MR) is 62.0 cm³/mol. The van der Waals surface area contributed by atoms with Crippen LogP contribution in [0.5, 0.6) is 0 Å². The Hall–Kier alpha value is -1.06. The minimum Gasteiger partial charge on any atom is -0.481 e. The van der Waals surface area contributed by atoms with E-state index >= 15 is 0 Å². The first-order valence-electron chi connectivity index (χ1n) is 4.59. The number of carboxylic acid groups (broad SMARTS) is 1. The minimum absolute atomic E-state index is 0.0840. The summed E-state index contributed by atoms with van der Waals surface area (Å²) in [6, 6.07) is 4.77. The van der Waals surface area contributed by atoms with Crippen molar-refractivity contribution in [3.63, 3.8) is 0 Å². The van der Waals surface area contributed by atoms with Gasteiger partial charge in [-0.25, -0.2) is 0 Å². The summed E-state index contributed by atoms with van der Waals surface area (Å²) in [4.78, 5) is 22.0. The summed E-state index contributed by atoms with van der Waals surface area (Å²) in [5.74, 6) is -2.59. The van der Waals surface area contributed by atoms with Gasteiger partial charge in [0.05, 0.1) is 0 Å². The standard InChI is InChI=1S/C11H10Cl2O3/c1-6(14)9(11(15)16)4-7-2-3-8(12)5-10(7)13/h2-3,5,9H,4H2,1H3,(H,15,16). The molecule has 1 unspecified atom stereocenters. The van der Waals surface area contributed by atoms with Gasteiger partial charge in [-0.05, 0) is 31.0 Å². The summed E-state index contributed by atoms with van der Waals surface area (Å²) in [5.41, 5.74) is 0.605. The summed E-state index contributed by atoms with van der Waals surface area (Å²) >= 11 is 11.6. The zero-order chi connectivity index (χ0) is 12.3. The van der Waals surface area contributed by atoms with Gasteiger partial charge in [0.2, 0.25) is 0 Å². The summed E-state index contributed by atoms with van der Waals surface area (Å²) in [6.07, 6.45) is 0.0840. The van der Waals surface area contributed by atoms with Crippen LogP contribution in [0.1, 0.15) is 12.5 Å². The fourth-order valence-electron chi connectivity index (χ4n) is 1.31. The van der Waals surface area contributed by atoms with Crippen LogP contribution in [0.3, 0.4) is 0 Å². The smallest absolute Gasteiger partial charge is 0.314 e. The SMILES string of the molecule is CC(=O)C(Cc1ccc(Cl)cc1Cl)C(=O)O. The molecule has 16 heavy (non-hydrogen) atoms. The zero-order valence-electron chi connectivity index (χ0n) is 8.54. The van der Waals surface area contributed by atoms with Crippen LogP contribution in [0.15, 0.2) is 18.2 Å². The number of benzene rings is 1. The van der Waals surface area contributed by atoms with E-state index < -0.39 is 17.7 Å². The van der Waals surface area contributed by atoms with Crippen molar-refractivity contribution in [3.05, 3.63) is 33.8 Å². The summed E-state index contributed by atoms with van der Waals surface area (Å²) in [6.45, 7) is 1.25. The van der Waals surface area contributed by atoms with E-state index in [1.165, 1.54) is 13.0 Å². The molecular formula is C11H10Cl2O3. The molecule has 1 N–H and O–H groups in total. The van der Waals surface area contributed by atoms with Crippen LogP contribution < -0.4 is 0 Å². The van der Waals surface area contributed by atoms with Gasteiger partial charge in [0.25, 0.3) is 0 Å². The average Bonchev–Trinajstić information content (AvgIpc) is 2.15. The van der Waals surface area contributed by atoms with E-state index in [0.717, 1.165) is 0 Å². The lowest BCUT2D eigenvalue weighted by atomic mass is 9.96. The molecule has 1 aromatic carbocycles. The van der Waals surface area contributed by atoms with Gasteiger partial charge in [0.15, 0.2) is 0 Å². The Bertz CT molecular complexity index is 415. The van der Waals surface area contributed by atoms with Crippen molar-refractivity contribution in [3.8, 4) is 0 Å². The van der Waals surface area contributed by atoms with Crippen LogP contribution >= 0.6 is 23.2 Å². The van der Waals surface area contributed by atoms with Crippen molar-refractivity contribution >= 4 is 35.0 Å². The van der Waals surface area contributed by atoms with Crippen LogP contribution in [-0.4, -0.2) is 16.9 Å². The number of halogens is 2. The van der Waals surface area contributed by atoms with Gasteiger partial charge in [0, 0.05) is 10.0 Å². The third-order valence-electron chi connectivity index (χ3n) is 2.23. The maximum absolute atomic E-state index is 11.1. The van der Waals surface area contributed by atoms with Crippen molar-refractivity contribution in [1.82, 2.24) is 0 Å². The van der Waals surface area contributed by atoms with Crippen molar-refractivity contribution in [2.24, 2.45) is 5.92 Å². The van der Waals surface area contributed by atoms with Gasteiger partial charge in [-0.1, -0.05) is 29.3 Å². The number of carbonyl (C=O) groups excluding carboxylic acids is 1. The van der Waals surface area contributed by atoms with Crippen molar-refractivity contribution in [2.75, 3.05) is 0 Å². The number of Topliss-reactive ketones (excluding diaryl/α,β-unsaturated/α-hetero) is 1. The van der Waals surface area contributed by atoms with Crippen LogP contribution in [0.4, 0.5) is 0 Å². The van der Waals surface area contributed by atoms with Crippen LogP contribution in [0.2, 0.25) is 10.0 Å². The topological polar surface area (TPSA) is 54.4 Å². The molecule has 0 aromatic heterocycles. The summed E-state index contributed by atoms with van der Waals surface area (Å²) in [7, 11) is 0. The fourth-order valence-corrected chi connectivity index (χ4v) is 1.80. The Labute approximate surface area is 103 Å². The quantitative estimate of drug-likeness (QED) is 0.848. The Kier molecular flexibility index (Phi) is 4.33. The van der Waals surface area contributed by atoms with E-state index in [1.54, 1.807) is 12.1 Å². The molecule has 0 aliphatic carbocycles. The Balaban J connectivity index is 2.94. The highest BCUT2D eigenvalue weighted by molar-refractivity contribution is 6.35. The maximum atomic E-state index is 11.1. The first kappa shape index (κ1) is 13.0. The van der Waals surface area contributed by atoms with Gasteiger partial charge >= 0.3 is 5.97 Å². The fraction of sp³-hybridized carbons (Fsp3) is 0.273. The van der Waals surface area contributed by atoms with E-state index in [0.29, 0.717) is 15.6 Å². The highest BCUT2D eigenvalue weighted by Crippen LogP contribution is 2.23. The van der Waals surface area contributed by atoms with E-state index in [9.17, 15) is 9.59 Å². The molecular weight excluding hydrogens is 251 g/mol. The molecule has 5 heteroatoms. The molecule has 0 saturated heterocycles. The molecule has 86 valence electrons. The van der Waals surface area contributed by atoms with Gasteiger partial charge in [-0.3, -0.25) is 9.59 Å². The van der Waals surface area contributed by atoms with Crippen LogP contribution in [0.25, 0.3) is 0 Å². The maximum Gasteiger partial charge on any atom is 0.314 e. The van der Waals surface area contributed by atoms with Crippen molar-refractivity contribution in [1.29, 1.82) is 0 Å². The zero-order valence-corrected chi connectivity index (χ0v) is 10.0. The highest BCUT2D eigenvalue weighted by Gasteiger charge is 2.23. The molecule has 0 fully saturated rings. The monoisotopic (exact) mass is 260 g/mol. The number of ketones is 1. The molecule has 0 heterocycles. The first-order chi connectivity index (χ1) is 7.41. The van der Waals surface area contributed by atoms with E-state index in [2.05, 4.69) is 0 Å². The van der Waals surface area contributed by atoms with Crippen LogP contribution in [-0.2, 0) is 16.0 Å². The molecule has 0 bridgehead atoms. The predicted octanol–water partition coefficient (Wildman–Crippen LogP) is 2.83. The molecule has 0 spiro atoms. The molecule has 0 aliphatic rings. The lowest BCUT2D eigenvalue weighted by molar-refractivity contribution is -0.145. The molecule has 0 aliphatic heterocycles. The van der Waals surface area contributed by atoms with E-state index in [-0.39, 0.29) is 6.42 Å². The Morgan fingerprint density at radius 3 is 2.44 bits per heavy atom. The molecule has 0 amide bonds. The normalized spacial score (nSPS) is 12.2. The molecule has 1 rings (SSSR count). The van der Waals surface area contributed by atoms with Gasteiger partial charge in [-0.2, -0.15) is 0 Å². The molecule has 0 radical (unpaired) electrons. The van der Waals surface area contributed by atoms with Crippen molar-refractivity contribution < 1.29 is 14.7 Å². The summed E-state index contributed by atoms with van der Waals surface area (Å²) in [5, 5.41) is 9.71. The van der Waals surface area contributed by atoms with Gasteiger partial charge in [0.1, 0.15) is 11.7 Å². The largest absolute Gasteiger partial charge is 0.481 e. The first-order valence-corrected chi connectivity index (χ1v) is 5.34. The lowest BCUT2D eigenvalue weighted by Gasteiger charge is -2.10. The van der Waals surface area contributed by atoms with E-state index in [1.807, 2.05) is 0 Å². The Morgan fingerprint density at radius 1 is 1.38 bits per heavy atom. The van der Waals surface area contributed by atoms with Crippen molar-refractivity contribution in [2.45, 2.75) is 13.3 Å². The number of aliphatic carboxylic acids is 1. The number of rotatable bonds is 4. The minimum atomic E-state index is -1.14. The molecule has 0 saturated carbocycles. The molecule has 1 atom stereocenters. The Morgan fingerprint density at radius 2 is 2.00 bits per heavy atom. The molecule has 3 nitrogen and oxygen atoms in total. The second-order valence-corrected chi connectivity index (χ2v) is 4.28.